The summed E-state index contributed by atoms with van der Waals surface area (Å²) in [6.07, 6.45) is 16.1. The molecule has 0 saturated heterocycles. The minimum atomic E-state index is 0.00994. The van der Waals surface area contributed by atoms with Crippen molar-refractivity contribution >= 4 is 28.9 Å². The number of carbonyl (C=O) groups is 1. The Kier molecular flexibility index (Phi) is 9.26. The first-order valence-electron chi connectivity index (χ1n) is 11.5. The Morgan fingerprint density at radius 2 is 1.48 bits per heavy atom. The Morgan fingerprint density at radius 1 is 0.897 bits per heavy atom. The molecular weight excluding hydrogens is 380 g/mol. The second-order valence-electron chi connectivity index (χ2n) is 8.71. The molecule has 5 heteroatoms. The molecule has 0 aromatic heterocycles. The standard InChI is InChI=1S/C24H36N2O2S/c27-23(16-11-19-7-3-1-4-8-19)26-24(29)25-21-12-14-22(15-13-21)28-18-17-20-9-5-2-6-10-20/h12-15,19-20H,1-11,16-18H2,(H2,25,26,27,29). The number of amides is 1. The number of hydrogen-bond acceptors (Lipinski definition) is 3. The van der Waals surface area contributed by atoms with Gasteiger partial charge in [0.25, 0.3) is 0 Å². The molecule has 1 aromatic carbocycles. The van der Waals surface area contributed by atoms with Crippen molar-refractivity contribution in [3.8, 4) is 5.75 Å². The Balaban J connectivity index is 1.31. The van der Waals surface area contributed by atoms with E-state index in [-0.39, 0.29) is 5.91 Å². The van der Waals surface area contributed by atoms with Crippen molar-refractivity contribution in [2.24, 2.45) is 11.8 Å². The van der Waals surface area contributed by atoms with Crippen LogP contribution in [0.25, 0.3) is 0 Å². The molecule has 2 aliphatic rings. The predicted octanol–water partition coefficient (Wildman–Crippen LogP) is 6.21. The average Bonchev–Trinajstić information content (AvgIpc) is 2.75. The summed E-state index contributed by atoms with van der Waals surface area (Å²) >= 11 is 5.28. The van der Waals surface area contributed by atoms with Crippen LogP contribution in [0.5, 0.6) is 5.75 Å². The quantitative estimate of drug-likeness (QED) is 0.495. The first-order chi connectivity index (χ1) is 14.2. The highest BCUT2D eigenvalue weighted by Crippen LogP contribution is 2.27. The number of ether oxygens (including phenoxy) is 1. The maximum Gasteiger partial charge on any atom is 0.226 e. The molecule has 0 unspecified atom stereocenters. The van der Waals surface area contributed by atoms with Crippen LogP contribution in [0.1, 0.15) is 83.5 Å². The Morgan fingerprint density at radius 3 is 2.10 bits per heavy atom. The lowest BCUT2D eigenvalue weighted by Gasteiger charge is -2.21. The fourth-order valence-corrected chi connectivity index (χ4v) is 4.85. The highest BCUT2D eigenvalue weighted by Gasteiger charge is 2.15. The van der Waals surface area contributed by atoms with Gasteiger partial charge in [-0.1, -0.05) is 64.2 Å². The summed E-state index contributed by atoms with van der Waals surface area (Å²) in [4.78, 5) is 12.1. The smallest absolute Gasteiger partial charge is 0.226 e. The first-order valence-corrected chi connectivity index (χ1v) is 11.9. The topological polar surface area (TPSA) is 50.4 Å². The van der Waals surface area contributed by atoms with Crippen LogP contribution in [0, 0.1) is 11.8 Å². The molecule has 0 aliphatic heterocycles. The van der Waals surface area contributed by atoms with Crippen LogP contribution in [-0.4, -0.2) is 17.6 Å². The van der Waals surface area contributed by atoms with Gasteiger partial charge in [0.05, 0.1) is 6.61 Å². The summed E-state index contributed by atoms with van der Waals surface area (Å²) in [5.41, 5.74) is 0.863. The number of hydrogen-bond donors (Lipinski definition) is 2. The van der Waals surface area contributed by atoms with Gasteiger partial charge in [-0.2, -0.15) is 0 Å². The van der Waals surface area contributed by atoms with Gasteiger partial charge in [0.2, 0.25) is 5.91 Å². The maximum absolute atomic E-state index is 12.1. The van der Waals surface area contributed by atoms with Crippen LogP contribution < -0.4 is 15.4 Å². The molecule has 3 rings (SSSR count). The zero-order chi connectivity index (χ0) is 20.3. The summed E-state index contributed by atoms with van der Waals surface area (Å²) in [7, 11) is 0. The lowest BCUT2D eigenvalue weighted by molar-refractivity contribution is -0.120. The summed E-state index contributed by atoms with van der Waals surface area (Å²) in [5.74, 6) is 2.44. The summed E-state index contributed by atoms with van der Waals surface area (Å²) < 4.78 is 5.89. The van der Waals surface area contributed by atoms with Crippen LogP contribution in [-0.2, 0) is 4.79 Å². The molecule has 2 fully saturated rings. The van der Waals surface area contributed by atoms with E-state index in [9.17, 15) is 4.79 Å². The lowest BCUT2D eigenvalue weighted by Crippen LogP contribution is -2.34. The van der Waals surface area contributed by atoms with Gasteiger partial charge in [-0.05, 0) is 61.2 Å². The van der Waals surface area contributed by atoms with Crippen LogP contribution in [0.15, 0.2) is 24.3 Å². The molecule has 0 radical (unpaired) electrons. The van der Waals surface area contributed by atoms with E-state index in [0.29, 0.717) is 17.5 Å². The van der Waals surface area contributed by atoms with Crippen molar-refractivity contribution in [2.75, 3.05) is 11.9 Å². The van der Waals surface area contributed by atoms with Crippen LogP contribution in [0.2, 0.25) is 0 Å². The molecule has 0 heterocycles. The Bertz CT molecular complexity index is 635. The summed E-state index contributed by atoms with van der Waals surface area (Å²) in [5, 5.41) is 6.26. The third-order valence-corrected chi connectivity index (χ3v) is 6.59. The van der Waals surface area contributed by atoms with Gasteiger partial charge in [0.15, 0.2) is 5.11 Å². The van der Waals surface area contributed by atoms with Gasteiger partial charge in [0, 0.05) is 12.1 Å². The molecule has 1 aromatic rings. The summed E-state index contributed by atoms with van der Waals surface area (Å²) in [6, 6.07) is 7.79. The normalized spacial score (nSPS) is 18.2. The van der Waals surface area contributed by atoms with Crippen molar-refractivity contribution in [1.82, 2.24) is 5.32 Å². The van der Waals surface area contributed by atoms with E-state index < -0.39 is 0 Å². The van der Waals surface area contributed by atoms with Gasteiger partial charge >= 0.3 is 0 Å². The SMILES string of the molecule is O=C(CCC1CCCCC1)NC(=S)Nc1ccc(OCCC2CCCCC2)cc1. The van der Waals surface area contributed by atoms with E-state index in [1.165, 1.54) is 64.2 Å². The minimum Gasteiger partial charge on any atom is -0.494 e. The van der Waals surface area contributed by atoms with Crippen LogP contribution >= 0.6 is 12.2 Å². The molecule has 160 valence electrons. The molecule has 4 nitrogen and oxygen atoms in total. The monoisotopic (exact) mass is 416 g/mol. The number of anilines is 1. The molecular formula is C24H36N2O2S. The van der Waals surface area contributed by atoms with Crippen molar-refractivity contribution in [3.05, 3.63) is 24.3 Å². The number of rotatable bonds is 8. The molecule has 2 saturated carbocycles. The molecule has 1 amide bonds. The van der Waals surface area contributed by atoms with Crippen molar-refractivity contribution < 1.29 is 9.53 Å². The third-order valence-electron chi connectivity index (χ3n) is 6.39. The van der Waals surface area contributed by atoms with Gasteiger partial charge < -0.3 is 15.4 Å². The average molecular weight is 417 g/mol. The largest absolute Gasteiger partial charge is 0.494 e. The van der Waals surface area contributed by atoms with Crippen molar-refractivity contribution in [3.63, 3.8) is 0 Å². The Labute approximate surface area is 181 Å². The molecule has 29 heavy (non-hydrogen) atoms. The van der Waals surface area contributed by atoms with Gasteiger partial charge in [0.1, 0.15) is 5.75 Å². The highest BCUT2D eigenvalue weighted by molar-refractivity contribution is 7.80. The zero-order valence-electron chi connectivity index (χ0n) is 17.6. The number of nitrogens with one attached hydrogen (secondary N) is 2. The fourth-order valence-electron chi connectivity index (χ4n) is 4.62. The molecule has 2 N–H and O–H groups in total. The maximum atomic E-state index is 12.1. The van der Waals surface area contributed by atoms with Gasteiger partial charge in [-0.15, -0.1) is 0 Å². The molecule has 2 aliphatic carbocycles. The minimum absolute atomic E-state index is 0.00994. The number of carbonyl (C=O) groups excluding carboxylic acids is 1. The van der Waals surface area contributed by atoms with E-state index in [1.807, 2.05) is 24.3 Å². The van der Waals surface area contributed by atoms with Crippen molar-refractivity contribution in [1.29, 1.82) is 0 Å². The second kappa shape index (κ2) is 12.2. The van der Waals surface area contributed by atoms with E-state index in [1.54, 1.807) is 0 Å². The Hall–Kier alpha value is -1.62. The highest BCUT2D eigenvalue weighted by atomic mass is 32.1. The predicted molar refractivity (Wildman–Crippen MR) is 123 cm³/mol. The second-order valence-corrected chi connectivity index (χ2v) is 9.12. The van der Waals surface area contributed by atoms with Gasteiger partial charge in [-0.3, -0.25) is 4.79 Å². The van der Waals surface area contributed by atoms with Crippen LogP contribution in [0.4, 0.5) is 5.69 Å². The van der Waals surface area contributed by atoms with E-state index in [4.69, 9.17) is 17.0 Å². The zero-order valence-corrected chi connectivity index (χ0v) is 18.4. The number of thiocarbonyl (C=S) groups is 1. The first kappa shape index (κ1) is 22.1. The number of benzene rings is 1. The third kappa shape index (κ3) is 8.33. The van der Waals surface area contributed by atoms with Crippen LogP contribution in [0.3, 0.4) is 0 Å². The molecule has 0 bridgehead atoms. The lowest BCUT2D eigenvalue weighted by atomic mass is 9.86. The van der Waals surface area contributed by atoms with Crippen molar-refractivity contribution in [2.45, 2.75) is 83.5 Å². The summed E-state index contributed by atoms with van der Waals surface area (Å²) in [6.45, 7) is 0.785. The fraction of sp³-hybridized carbons (Fsp3) is 0.667. The molecule has 0 atom stereocenters. The van der Waals surface area contributed by atoms with E-state index in [2.05, 4.69) is 10.6 Å². The molecule has 0 spiro atoms. The van der Waals surface area contributed by atoms with E-state index >= 15 is 0 Å². The van der Waals surface area contributed by atoms with Gasteiger partial charge in [-0.25, -0.2) is 0 Å². The van der Waals surface area contributed by atoms with E-state index in [0.717, 1.165) is 36.8 Å².